The molecular weight excluding hydrogens is 337 g/mol. The van der Waals surface area contributed by atoms with Crippen molar-refractivity contribution in [1.82, 2.24) is 5.32 Å². The number of alkyl halides is 3. The normalized spacial score (nSPS) is 11.6. The van der Waals surface area contributed by atoms with E-state index in [2.05, 4.69) is 26.6 Å². The fourth-order valence-electron chi connectivity index (χ4n) is 1.39. The van der Waals surface area contributed by atoms with Gasteiger partial charge in [-0.3, -0.25) is 4.79 Å². The monoisotopic (exact) mass is 352 g/mol. The predicted molar refractivity (Wildman–Crippen MR) is 75.5 cm³/mol. The summed E-state index contributed by atoms with van der Waals surface area (Å²) in [4.78, 5) is 11.5. The molecule has 0 bridgehead atoms. The summed E-state index contributed by atoms with van der Waals surface area (Å²) in [5.74, 6) is 0.141. The summed E-state index contributed by atoms with van der Waals surface area (Å²) >= 11 is 3.06. The quantitative estimate of drug-likeness (QED) is 0.849. The first-order valence-electron chi connectivity index (χ1n) is 6.07. The summed E-state index contributed by atoms with van der Waals surface area (Å²) in [6.07, 6.45) is -4.38. The number of hydrogen-bond donors (Lipinski definition) is 2. The molecule has 1 aromatic carbocycles. The Kier molecular flexibility index (Phi) is 5.86. The van der Waals surface area contributed by atoms with E-state index in [-0.39, 0.29) is 16.9 Å². The Morgan fingerprint density at radius 3 is 2.50 bits per heavy atom. The first-order chi connectivity index (χ1) is 9.20. The highest BCUT2D eigenvalue weighted by Crippen LogP contribution is 2.33. The number of halogens is 4. The highest BCUT2D eigenvalue weighted by molar-refractivity contribution is 9.10. The zero-order valence-corrected chi connectivity index (χ0v) is 12.7. The van der Waals surface area contributed by atoms with E-state index in [0.717, 1.165) is 12.1 Å². The van der Waals surface area contributed by atoms with Crippen LogP contribution in [0.15, 0.2) is 22.7 Å². The highest BCUT2D eigenvalue weighted by atomic mass is 79.9. The number of rotatable bonds is 5. The molecule has 0 aliphatic heterocycles. The molecule has 1 aromatic rings. The summed E-state index contributed by atoms with van der Waals surface area (Å²) in [5, 5.41) is 5.50. The van der Waals surface area contributed by atoms with E-state index in [0.29, 0.717) is 18.2 Å². The molecule has 1 rings (SSSR count). The van der Waals surface area contributed by atoms with E-state index >= 15 is 0 Å². The van der Waals surface area contributed by atoms with Crippen molar-refractivity contribution >= 4 is 27.5 Å². The zero-order valence-electron chi connectivity index (χ0n) is 11.1. The Bertz CT molecular complexity index is 475. The number of hydrogen-bond acceptors (Lipinski definition) is 2. The standard InChI is InChI=1S/C13H16BrF3N2O/c1-8(2)6-19-12(20)7-18-11-4-3-9(5-10(11)14)13(15,16)17/h3-5,8,18H,6-7H2,1-2H3,(H,19,20). The Morgan fingerprint density at radius 1 is 1.35 bits per heavy atom. The largest absolute Gasteiger partial charge is 0.416 e. The van der Waals surface area contributed by atoms with Gasteiger partial charge in [0.25, 0.3) is 0 Å². The van der Waals surface area contributed by atoms with Crippen molar-refractivity contribution in [3.05, 3.63) is 28.2 Å². The maximum atomic E-state index is 12.5. The molecule has 0 unspecified atom stereocenters. The van der Waals surface area contributed by atoms with E-state index < -0.39 is 11.7 Å². The number of carbonyl (C=O) groups excluding carboxylic acids is 1. The second-order valence-corrected chi connectivity index (χ2v) is 5.60. The maximum absolute atomic E-state index is 12.5. The third-order valence-corrected chi connectivity index (χ3v) is 3.10. The SMILES string of the molecule is CC(C)CNC(=O)CNc1ccc(C(F)(F)F)cc1Br. The molecule has 0 radical (unpaired) electrons. The molecule has 0 heterocycles. The Hall–Kier alpha value is -1.24. The minimum atomic E-state index is -4.38. The van der Waals surface area contributed by atoms with Crippen molar-refractivity contribution in [1.29, 1.82) is 0 Å². The lowest BCUT2D eigenvalue weighted by Crippen LogP contribution is -2.32. The molecule has 0 atom stereocenters. The van der Waals surface area contributed by atoms with Crippen molar-refractivity contribution in [3.63, 3.8) is 0 Å². The third kappa shape index (κ3) is 5.40. The molecule has 2 N–H and O–H groups in total. The lowest BCUT2D eigenvalue weighted by Gasteiger charge is -2.12. The van der Waals surface area contributed by atoms with Crippen LogP contribution in [0.4, 0.5) is 18.9 Å². The molecule has 7 heteroatoms. The second kappa shape index (κ2) is 6.97. The van der Waals surface area contributed by atoms with Gasteiger partial charge in [0, 0.05) is 16.7 Å². The van der Waals surface area contributed by atoms with Gasteiger partial charge in [0.15, 0.2) is 0 Å². The average Bonchev–Trinajstić information content (AvgIpc) is 2.33. The third-order valence-electron chi connectivity index (χ3n) is 2.44. The lowest BCUT2D eigenvalue weighted by molar-refractivity contribution is -0.137. The maximum Gasteiger partial charge on any atom is 0.416 e. The smallest absolute Gasteiger partial charge is 0.375 e. The van der Waals surface area contributed by atoms with Gasteiger partial charge in [0.1, 0.15) is 0 Å². The minimum absolute atomic E-state index is 0.0106. The number of benzene rings is 1. The van der Waals surface area contributed by atoms with Gasteiger partial charge in [-0.05, 0) is 40.0 Å². The van der Waals surface area contributed by atoms with Crippen LogP contribution in [0.1, 0.15) is 19.4 Å². The van der Waals surface area contributed by atoms with Gasteiger partial charge in [0.05, 0.1) is 12.1 Å². The molecule has 112 valence electrons. The molecule has 20 heavy (non-hydrogen) atoms. The van der Waals surface area contributed by atoms with Gasteiger partial charge in [-0.25, -0.2) is 0 Å². The molecule has 0 aliphatic rings. The van der Waals surface area contributed by atoms with Crippen LogP contribution in [0.3, 0.4) is 0 Å². The number of amides is 1. The summed E-state index contributed by atoms with van der Waals surface area (Å²) in [7, 11) is 0. The van der Waals surface area contributed by atoms with Crippen LogP contribution in [0, 0.1) is 5.92 Å². The molecule has 0 saturated carbocycles. The van der Waals surface area contributed by atoms with Crippen LogP contribution in [-0.4, -0.2) is 19.0 Å². The molecule has 0 saturated heterocycles. The van der Waals surface area contributed by atoms with Gasteiger partial charge in [-0.15, -0.1) is 0 Å². The first kappa shape index (κ1) is 16.8. The summed E-state index contributed by atoms with van der Waals surface area (Å²) in [6, 6.07) is 3.25. The van der Waals surface area contributed by atoms with Crippen LogP contribution in [0.5, 0.6) is 0 Å². The fraction of sp³-hybridized carbons (Fsp3) is 0.462. The fourth-order valence-corrected chi connectivity index (χ4v) is 1.91. The molecule has 1 amide bonds. The van der Waals surface area contributed by atoms with Gasteiger partial charge in [-0.2, -0.15) is 13.2 Å². The van der Waals surface area contributed by atoms with Crippen LogP contribution < -0.4 is 10.6 Å². The molecule has 0 spiro atoms. The van der Waals surface area contributed by atoms with E-state index in [9.17, 15) is 18.0 Å². The summed E-state index contributed by atoms with van der Waals surface area (Å²) < 4.78 is 37.7. The van der Waals surface area contributed by atoms with Crippen molar-refractivity contribution in [2.24, 2.45) is 5.92 Å². The van der Waals surface area contributed by atoms with Gasteiger partial charge in [0.2, 0.25) is 5.91 Å². The number of nitrogens with one attached hydrogen (secondary N) is 2. The van der Waals surface area contributed by atoms with Crippen molar-refractivity contribution in [3.8, 4) is 0 Å². The predicted octanol–water partition coefficient (Wildman–Crippen LogP) is 3.65. The Morgan fingerprint density at radius 2 is 2.00 bits per heavy atom. The van der Waals surface area contributed by atoms with Crippen molar-refractivity contribution in [2.45, 2.75) is 20.0 Å². The van der Waals surface area contributed by atoms with Crippen molar-refractivity contribution in [2.75, 3.05) is 18.4 Å². The Balaban J connectivity index is 2.59. The summed E-state index contributed by atoms with van der Waals surface area (Å²) in [5.41, 5.74) is -0.295. The average molecular weight is 353 g/mol. The summed E-state index contributed by atoms with van der Waals surface area (Å²) in [6.45, 7) is 4.52. The molecular formula is C13H16BrF3N2O. The van der Waals surface area contributed by atoms with E-state index in [1.165, 1.54) is 6.07 Å². The molecule has 0 aliphatic carbocycles. The second-order valence-electron chi connectivity index (χ2n) is 4.74. The highest BCUT2D eigenvalue weighted by Gasteiger charge is 2.30. The lowest BCUT2D eigenvalue weighted by atomic mass is 10.2. The topological polar surface area (TPSA) is 41.1 Å². The first-order valence-corrected chi connectivity index (χ1v) is 6.86. The van der Waals surface area contributed by atoms with Crippen molar-refractivity contribution < 1.29 is 18.0 Å². The van der Waals surface area contributed by atoms with Gasteiger partial charge in [-0.1, -0.05) is 13.8 Å². The number of anilines is 1. The molecule has 0 aromatic heterocycles. The van der Waals surface area contributed by atoms with E-state index in [1.807, 2.05) is 13.8 Å². The van der Waals surface area contributed by atoms with Crippen LogP contribution in [0.25, 0.3) is 0 Å². The van der Waals surface area contributed by atoms with E-state index in [4.69, 9.17) is 0 Å². The molecule has 0 fully saturated rings. The van der Waals surface area contributed by atoms with E-state index in [1.54, 1.807) is 0 Å². The van der Waals surface area contributed by atoms with Gasteiger partial charge >= 0.3 is 6.18 Å². The number of carbonyl (C=O) groups is 1. The van der Waals surface area contributed by atoms with Gasteiger partial charge < -0.3 is 10.6 Å². The van der Waals surface area contributed by atoms with Crippen LogP contribution in [0.2, 0.25) is 0 Å². The Labute approximate surface area is 124 Å². The zero-order chi connectivity index (χ0) is 15.3. The van der Waals surface area contributed by atoms with Crippen LogP contribution >= 0.6 is 15.9 Å². The molecule has 3 nitrogen and oxygen atoms in total. The van der Waals surface area contributed by atoms with Crippen LogP contribution in [-0.2, 0) is 11.0 Å². The minimum Gasteiger partial charge on any atom is -0.375 e.